The molecule has 0 aliphatic carbocycles. The van der Waals surface area contributed by atoms with Gasteiger partial charge in [-0.2, -0.15) is 0 Å². The largest absolute Gasteiger partial charge is 0.385 e. The first kappa shape index (κ1) is 17.7. The number of rotatable bonds is 7. The van der Waals surface area contributed by atoms with Crippen molar-refractivity contribution in [3.05, 3.63) is 24.3 Å². The third-order valence-corrected chi connectivity index (χ3v) is 4.85. The number of hydrogen-bond acceptors (Lipinski definition) is 4. The maximum atomic E-state index is 12.5. The number of fused-ring (bicyclic) bond motifs is 1. The van der Waals surface area contributed by atoms with E-state index >= 15 is 0 Å². The predicted octanol–water partition coefficient (Wildman–Crippen LogP) is 2.43. The lowest BCUT2D eigenvalue weighted by Crippen LogP contribution is -2.44. The Bertz CT molecular complexity index is 713. The van der Waals surface area contributed by atoms with E-state index < -0.39 is 0 Å². The highest BCUT2D eigenvalue weighted by molar-refractivity contribution is 5.81. The highest BCUT2D eigenvalue weighted by atomic mass is 16.5. The number of carbonyl (C=O) groups is 1. The van der Waals surface area contributed by atoms with Crippen LogP contribution in [0.25, 0.3) is 11.0 Å². The highest BCUT2D eigenvalue weighted by Crippen LogP contribution is 2.27. The zero-order valence-electron chi connectivity index (χ0n) is 15.2. The fraction of sp³-hybridized carbons (Fsp3) is 0.579. The van der Waals surface area contributed by atoms with Gasteiger partial charge in [0, 0.05) is 39.9 Å². The first-order valence-electron chi connectivity index (χ1n) is 9.21. The number of amides is 1. The maximum absolute atomic E-state index is 12.5. The molecule has 1 atom stereocenters. The standard InChI is InChI=1S/C19H28N4O2/c1-3-23-17-10-5-4-9-16(17)21-19(23)22-12-6-8-15(14-22)18(24)20-11-7-13-25-2/h4-5,9-10,15H,3,6-8,11-14H2,1-2H3,(H,20,24). The van der Waals surface area contributed by atoms with Crippen molar-refractivity contribution in [2.24, 2.45) is 5.92 Å². The van der Waals surface area contributed by atoms with Crippen LogP contribution in [0.1, 0.15) is 26.2 Å². The van der Waals surface area contributed by atoms with Gasteiger partial charge >= 0.3 is 0 Å². The van der Waals surface area contributed by atoms with Crippen LogP contribution in [0.3, 0.4) is 0 Å². The van der Waals surface area contributed by atoms with Crippen LogP contribution < -0.4 is 10.2 Å². The van der Waals surface area contributed by atoms with Crippen molar-refractivity contribution < 1.29 is 9.53 Å². The van der Waals surface area contributed by atoms with Gasteiger partial charge in [0.25, 0.3) is 0 Å². The molecule has 6 nitrogen and oxygen atoms in total. The van der Waals surface area contributed by atoms with E-state index in [4.69, 9.17) is 9.72 Å². The summed E-state index contributed by atoms with van der Waals surface area (Å²) in [5.41, 5.74) is 2.18. The van der Waals surface area contributed by atoms with Gasteiger partial charge in [0.1, 0.15) is 0 Å². The van der Waals surface area contributed by atoms with Crippen LogP contribution >= 0.6 is 0 Å². The van der Waals surface area contributed by atoms with Gasteiger partial charge in [-0.1, -0.05) is 12.1 Å². The van der Waals surface area contributed by atoms with Crippen LogP contribution in [0.2, 0.25) is 0 Å². The van der Waals surface area contributed by atoms with Crippen molar-refractivity contribution in [3.63, 3.8) is 0 Å². The summed E-state index contributed by atoms with van der Waals surface area (Å²) in [5, 5.41) is 3.04. The topological polar surface area (TPSA) is 59.4 Å². The minimum atomic E-state index is 0.0291. The summed E-state index contributed by atoms with van der Waals surface area (Å²) in [6.45, 7) is 6.06. The fourth-order valence-corrected chi connectivity index (χ4v) is 3.56. The third kappa shape index (κ3) is 3.95. The summed E-state index contributed by atoms with van der Waals surface area (Å²) in [5.74, 6) is 1.17. The molecule has 1 aromatic carbocycles. The normalized spacial score (nSPS) is 17.8. The number of imidazole rings is 1. The van der Waals surface area contributed by atoms with E-state index in [0.717, 1.165) is 55.9 Å². The number of benzene rings is 1. The Morgan fingerprint density at radius 2 is 2.24 bits per heavy atom. The highest BCUT2D eigenvalue weighted by Gasteiger charge is 2.28. The van der Waals surface area contributed by atoms with Gasteiger partial charge in [-0.05, 0) is 38.3 Å². The molecule has 0 saturated carbocycles. The summed E-state index contributed by atoms with van der Waals surface area (Å²) in [6, 6.07) is 8.23. The molecule has 1 amide bonds. The van der Waals surface area contributed by atoms with Crippen molar-refractivity contribution in [3.8, 4) is 0 Å². The molecular weight excluding hydrogens is 316 g/mol. The molecule has 136 valence electrons. The van der Waals surface area contributed by atoms with Crippen molar-refractivity contribution in [2.75, 3.05) is 38.3 Å². The average Bonchev–Trinajstić information content (AvgIpc) is 3.04. The molecule has 2 heterocycles. The Morgan fingerprint density at radius 3 is 3.04 bits per heavy atom. The summed E-state index contributed by atoms with van der Waals surface area (Å²) in [6.07, 6.45) is 2.81. The molecule has 1 N–H and O–H groups in total. The number of aromatic nitrogens is 2. The van der Waals surface area contributed by atoms with E-state index in [1.807, 2.05) is 12.1 Å². The molecule has 1 unspecified atom stereocenters. The van der Waals surface area contributed by atoms with Crippen LogP contribution in [0.15, 0.2) is 24.3 Å². The number of carbonyl (C=O) groups excluding carboxylic acids is 1. The lowest BCUT2D eigenvalue weighted by Gasteiger charge is -2.33. The molecule has 0 spiro atoms. The van der Waals surface area contributed by atoms with E-state index in [9.17, 15) is 4.79 Å². The van der Waals surface area contributed by atoms with Gasteiger partial charge in [0.05, 0.1) is 17.0 Å². The van der Waals surface area contributed by atoms with Gasteiger partial charge in [-0.25, -0.2) is 4.98 Å². The number of piperidine rings is 1. The number of hydrogen-bond donors (Lipinski definition) is 1. The lowest BCUT2D eigenvalue weighted by molar-refractivity contribution is -0.125. The van der Waals surface area contributed by atoms with Gasteiger partial charge < -0.3 is 19.5 Å². The molecule has 2 aromatic rings. The average molecular weight is 344 g/mol. The maximum Gasteiger partial charge on any atom is 0.224 e. The number of para-hydroxylation sites is 2. The molecule has 3 rings (SSSR count). The van der Waals surface area contributed by atoms with E-state index in [-0.39, 0.29) is 11.8 Å². The van der Waals surface area contributed by atoms with Gasteiger partial charge in [0.15, 0.2) is 0 Å². The van der Waals surface area contributed by atoms with Crippen LogP contribution in [-0.4, -0.2) is 48.8 Å². The zero-order chi connectivity index (χ0) is 17.6. The minimum absolute atomic E-state index is 0.0291. The number of methoxy groups -OCH3 is 1. The second-order valence-electron chi connectivity index (χ2n) is 6.57. The van der Waals surface area contributed by atoms with E-state index in [1.165, 1.54) is 0 Å². The summed E-state index contributed by atoms with van der Waals surface area (Å²) in [4.78, 5) is 19.6. The Kier molecular flexibility index (Phi) is 5.91. The fourth-order valence-electron chi connectivity index (χ4n) is 3.56. The van der Waals surface area contributed by atoms with Crippen molar-refractivity contribution in [2.45, 2.75) is 32.7 Å². The third-order valence-electron chi connectivity index (χ3n) is 4.85. The number of anilines is 1. The van der Waals surface area contributed by atoms with E-state index in [1.54, 1.807) is 7.11 Å². The molecule has 0 bridgehead atoms. The lowest BCUT2D eigenvalue weighted by atomic mass is 9.97. The SMILES string of the molecule is CCn1c(N2CCCC(C(=O)NCCCOC)C2)nc2ccccc21. The Morgan fingerprint density at radius 1 is 1.40 bits per heavy atom. The first-order valence-corrected chi connectivity index (χ1v) is 9.21. The van der Waals surface area contributed by atoms with Gasteiger partial charge in [-0.15, -0.1) is 0 Å². The molecule has 0 radical (unpaired) electrons. The number of nitrogens with one attached hydrogen (secondary N) is 1. The van der Waals surface area contributed by atoms with Crippen LogP contribution in [0, 0.1) is 5.92 Å². The molecule has 1 fully saturated rings. The first-order chi connectivity index (χ1) is 12.2. The van der Waals surface area contributed by atoms with Crippen molar-refractivity contribution in [1.29, 1.82) is 0 Å². The van der Waals surface area contributed by atoms with E-state index in [2.05, 4.69) is 33.8 Å². The minimum Gasteiger partial charge on any atom is -0.385 e. The monoisotopic (exact) mass is 344 g/mol. The van der Waals surface area contributed by atoms with Crippen LogP contribution in [-0.2, 0) is 16.1 Å². The predicted molar refractivity (Wildman–Crippen MR) is 99.8 cm³/mol. The smallest absolute Gasteiger partial charge is 0.224 e. The van der Waals surface area contributed by atoms with Crippen LogP contribution in [0.5, 0.6) is 0 Å². The summed E-state index contributed by atoms with van der Waals surface area (Å²) in [7, 11) is 1.68. The Labute approximate surface area is 149 Å². The summed E-state index contributed by atoms with van der Waals surface area (Å²) < 4.78 is 7.27. The molecule has 1 aromatic heterocycles. The quantitative estimate of drug-likeness (QED) is 0.784. The Hall–Kier alpha value is -2.08. The van der Waals surface area contributed by atoms with Crippen molar-refractivity contribution >= 4 is 22.9 Å². The number of nitrogens with zero attached hydrogens (tertiary/aromatic N) is 3. The molecule has 6 heteroatoms. The second kappa shape index (κ2) is 8.34. The Balaban J connectivity index is 1.70. The zero-order valence-corrected chi connectivity index (χ0v) is 15.2. The molecule has 1 aliphatic heterocycles. The molecule has 1 saturated heterocycles. The second-order valence-corrected chi connectivity index (χ2v) is 6.57. The number of ether oxygens (including phenoxy) is 1. The molecular formula is C19H28N4O2. The van der Waals surface area contributed by atoms with E-state index in [0.29, 0.717) is 13.2 Å². The molecule has 1 aliphatic rings. The number of aryl methyl sites for hydroxylation is 1. The van der Waals surface area contributed by atoms with Crippen molar-refractivity contribution in [1.82, 2.24) is 14.9 Å². The van der Waals surface area contributed by atoms with Crippen LogP contribution in [0.4, 0.5) is 5.95 Å². The van der Waals surface area contributed by atoms with Gasteiger partial charge in [0.2, 0.25) is 11.9 Å². The summed E-state index contributed by atoms with van der Waals surface area (Å²) >= 11 is 0. The van der Waals surface area contributed by atoms with Gasteiger partial charge in [-0.3, -0.25) is 4.79 Å². The molecule has 25 heavy (non-hydrogen) atoms.